The maximum Gasteiger partial charge on any atom is 0.0577 e. The van der Waals surface area contributed by atoms with Crippen LogP contribution in [0.2, 0.25) is 0 Å². The van der Waals surface area contributed by atoms with Gasteiger partial charge in [0.2, 0.25) is 0 Å². The molecule has 0 amide bonds. The molecule has 0 bridgehead atoms. The van der Waals surface area contributed by atoms with Gasteiger partial charge in [-0.3, -0.25) is 0 Å². The fraction of sp³-hybridized carbons (Fsp3) is 1.00. The lowest BCUT2D eigenvalue weighted by Crippen LogP contribution is -2.59. The Kier molecular flexibility index (Phi) is 13.5. The highest BCUT2D eigenvalue weighted by atomic mass is 16.3. The largest absolute Gasteiger partial charge is 0.393 e. The number of aliphatic hydroxyl groups excluding tert-OH is 1. The normalized spacial score (nSPS) is 38.7. The summed E-state index contributed by atoms with van der Waals surface area (Å²) in [6, 6.07) is 0.588. The number of fused-ring (bicyclic) bond motifs is 5. The van der Waals surface area contributed by atoms with Gasteiger partial charge in [-0.25, -0.2) is 0 Å². The molecule has 42 heavy (non-hydrogen) atoms. The van der Waals surface area contributed by atoms with Gasteiger partial charge in [-0.05, 0) is 169 Å². The second-order valence-electron chi connectivity index (χ2n) is 16.5. The van der Waals surface area contributed by atoms with Crippen LogP contribution in [-0.4, -0.2) is 56.5 Å². The first-order valence-electron chi connectivity index (χ1n) is 18.7. The third kappa shape index (κ3) is 8.33. The molecule has 0 saturated heterocycles. The van der Waals surface area contributed by atoms with Crippen LogP contribution in [0.15, 0.2) is 0 Å². The Morgan fingerprint density at radius 1 is 0.714 bits per heavy atom. The standard InChI is InChI=1S/C37H72N4O/c1-27(2)11-8-12-28(3)31-13-14-32-30-26-35(42)34-25-29(15-17-37(34,5)33(30)16-18-36(31,32)4)41-24-10-23-40-21-7-6-20-39-22-9-19-38/h27-35,39-42H,6-26,38H2,1-5H3/t28-,29+,30?,31?,32?,33?,34?,35-,36-,37-/m1/s1. The van der Waals surface area contributed by atoms with E-state index in [0.29, 0.717) is 22.8 Å². The Labute approximate surface area is 261 Å². The van der Waals surface area contributed by atoms with Gasteiger partial charge in [-0.1, -0.05) is 53.9 Å². The van der Waals surface area contributed by atoms with Crippen LogP contribution >= 0.6 is 0 Å². The van der Waals surface area contributed by atoms with Gasteiger partial charge in [0, 0.05) is 6.04 Å². The van der Waals surface area contributed by atoms with Crippen molar-refractivity contribution in [3.63, 3.8) is 0 Å². The zero-order valence-electron chi connectivity index (χ0n) is 28.6. The Morgan fingerprint density at radius 2 is 1.38 bits per heavy atom. The molecule has 4 saturated carbocycles. The lowest BCUT2D eigenvalue weighted by molar-refractivity contribution is -0.162. The van der Waals surface area contributed by atoms with Crippen molar-refractivity contribution in [2.45, 2.75) is 143 Å². The van der Waals surface area contributed by atoms with Gasteiger partial charge in [-0.2, -0.15) is 0 Å². The number of aliphatic hydroxyl groups is 1. The van der Waals surface area contributed by atoms with Crippen LogP contribution in [-0.2, 0) is 0 Å². The first-order valence-corrected chi connectivity index (χ1v) is 18.7. The predicted octanol–water partition coefficient (Wildman–Crippen LogP) is 6.74. The number of unbranched alkanes of at least 4 members (excludes halogenated alkanes) is 1. The summed E-state index contributed by atoms with van der Waals surface area (Å²) in [7, 11) is 0. The lowest BCUT2D eigenvalue weighted by atomic mass is 9.43. The van der Waals surface area contributed by atoms with Gasteiger partial charge in [-0.15, -0.1) is 0 Å². The Bertz CT molecular complexity index is 777. The summed E-state index contributed by atoms with van der Waals surface area (Å²) in [6.07, 6.45) is 19.4. The van der Waals surface area contributed by atoms with E-state index in [4.69, 9.17) is 5.73 Å². The fourth-order valence-corrected chi connectivity index (χ4v) is 11.0. The van der Waals surface area contributed by atoms with Crippen LogP contribution in [0.25, 0.3) is 0 Å². The highest BCUT2D eigenvalue weighted by Gasteiger charge is 2.62. The van der Waals surface area contributed by atoms with Crippen LogP contribution in [0.5, 0.6) is 0 Å². The van der Waals surface area contributed by atoms with Crippen molar-refractivity contribution < 1.29 is 5.11 Å². The quantitative estimate of drug-likeness (QED) is 0.115. The molecule has 0 aliphatic heterocycles. The molecule has 5 nitrogen and oxygen atoms in total. The van der Waals surface area contributed by atoms with Crippen molar-refractivity contribution in [2.75, 3.05) is 39.3 Å². The summed E-state index contributed by atoms with van der Waals surface area (Å²) in [5, 5.41) is 22.7. The van der Waals surface area contributed by atoms with Gasteiger partial charge in [0.05, 0.1) is 6.10 Å². The summed E-state index contributed by atoms with van der Waals surface area (Å²) in [4.78, 5) is 0. The molecule has 4 fully saturated rings. The second-order valence-corrected chi connectivity index (χ2v) is 16.5. The van der Waals surface area contributed by atoms with E-state index >= 15 is 0 Å². The van der Waals surface area contributed by atoms with E-state index in [1.807, 2.05) is 0 Å². The molecule has 0 heterocycles. The van der Waals surface area contributed by atoms with Gasteiger partial charge in [0.15, 0.2) is 0 Å². The Hall–Kier alpha value is -0.200. The third-order valence-corrected chi connectivity index (χ3v) is 13.4. The van der Waals surface area contributed by atoms with Gasteiger partial charge in [0.25, 0.3) is 0 Å². The molecule has 0 spiro atoms. The van der Waals surface area contributed by atoms with E-state index in [9.17, 15) is 5.11 Å². The first kappa shape index (κ1) is 34.7. The fourth-order valence-electron chi connectivity index (χ4n) is 11.0. The average molecular weight is 589 g/mol. The van der Waals surface area contributed by atoms with E-state index in [0.717, 1.165) is 87.6 Å². The van der Waals surface area contributed by atoms with E-state index in [2.05, 4.69) is 50.6 Å². The maximum absolute atomic E-state index is 11.7. The molecule has 4 aliphatic rings. The van der Waals surface area contributed by atoms with Crippen molar-refractivity contribution >= 4 is 0 Å². The number of nitrogens with two attached hydrogens (primary N) is 1. The second kappa shape index (κ2) is 16.4. The SMILES string of the molecule is CC(C)CCC[C@@H](C)C1CCC2C3C[C@@H](O)C4C[C@@H](NCCCNCCCCNCCCN)CC[C@]4(C)C3CC[C@@]21C. The minimum atomic E-state index is -0.0998. The molecular formula is C37H72N4O. The summed E-state index contributed by atoms with van der Waals surface area (Å²) in [5.41, 5.74) is 6.39. The van der Waals surface area contributed by atoms with Gasteiger partial charge in [0.1, 0.15) is 0 Å². The van der Waals surface area contributed by atoms with Gasteiger partial charge < -0.3 is 26.8 Å². The minimum Gasteiger partial charge on any atom is -0.393 e. The van der Waals surface area contributed by atoms with Crippen LogP contribution in [0.1, 0.15) is 131 Å². The van der Waals surface area contributed by atoms with Crippen molar-refractivity contribution in [3.8, 4) is 0 Å². The smallest absolute Gasteiger partial charge is 0.0577 e. The first-order chi connectivity index (χ1) is 20.2. The molecule has 4 rings (SSSR count). The van der Waals surface area contributed by atoms with Crippen LogP contribution in [0.3, 0.4) is 0 Å². The molecule has 10 atom stereocenters. The van der Waals surface area contributed by atoms with Crippen LogP contribution in [0, 0.1) is 52.3 Å². The molecule has 0 aromatic rings. The zero-order valence-corrected chi connectivity index (χ0v) is 28.6. The van der Waals surface area contributed by atoms with E-state index in [1.165, 1.54) is 83.5 Å². The maximum atomic E-state index is 11.7. The van der Waals surface area contributed by atoms with Crippen molar-refractivity contribution in [3.05, 3.63) is 0 Å². The van der Waals surface area contributed by atoms with Gasteiger partial charge >= 0.3 is 0 Å². The molecule has 0 radical (unpaired) electrons. The minimum absolute atomic E-state index is 0.0998. The monoisotopic (exact) mass is 589 g/mol. The van der Waals surface area contributed by atoms with Crippen molar-refractivity contribution in [2.24, 2.45) is 58.0 Å². The van der Waals surface area contributed by atoms with Crippen LogP contribution < -0.4 is 21.7 Å². The summed E-state index contributed by atoms with van der Waals surface area (Å²) in [5.74, 6) is 5.51. The van der Waals surface area contributed by atoms with E-state index in [1.54, 1.807) is 0 Å². The predicted molar refractivity (Wildman–Crippen MR) is 180 cm³/mol. The molecule has 6 N–H and O–H groups in total. The highest BCUT2D eigenvalue weighted by Crippen LogP contribution is 2.68. The Balaban J connectivity index is 1.19. The van der Waals surface area contributed by atoms with Crippen molar-refractivity contribution in [1.29, 1.82) is 0 Å². The van der Waals surface area contributed by atoms with E-state index < -0.39 is 0 Å². The topological polar surface area (TPSA) is 82.3 Å². The molecule has 0 aromatic heterocycles. The highest BCUT2D eigenvalue weighted by molar-refractivity contribution is 5.11. The average Bonchev–Trinajstić information content (AvgIpc) is 3.31. The molecule has 5 heteroatoms. The third-order valence-electron chi connectivity index (χ3n) is 13.4. The number of rotatable bonds is 18. The van der Waals surface area contributed by atoms with E-state index in [-0.39, 0.29) is 6.10 Å². The lowest BCUT2D eigenvalue weighted by Gasteiger charge is -2.62. The summed E-state index contributed by atoms with van der Waals surface area (Å²) in [6.45, 7) is 18.9. The Morgan fingerprint density at radius 3 is 2.10 bits per heavy atom. The molecule has 5 unspecified atom stereocenters. The molecule has 246 valence electrons. The van der Waals surface area contributed by atoms with Crippen molar-refractivity contribution in [1.82, 2.24) is 16.0 Å². The number of hydrogen-bond donors (Lipinski definition) is 5. The summed E-state index contributed by atoms with van der Waals surface area (Å²) < 4.78 is 0. The zero-order chi connectivity index (χ0) is 30.2. The molecule has 4 aliphatic carbocycles. The number of nitrogens with one attached hydrogen (secondary N) is 3. The number of hydrogen-bond acceptors (Lipinski definition) is 5. The van der Waals surface area contributed by atoms with Crippen LogP contribution in [0.4, 0.5) is 0 Å². The molecular weight excluding hydrogens is 516 g/mol. The summed E-state index contributed by atoms with van der Waals surface area (Å²) >= 11 is 0. The molecule has 0 aromatic carbocycles.